The molecule has 0 aliphatic carbocycles. The van der Waals surface area contributed by atoms with Gasteiger partial charge in [0.25, 0.3) is 0 Å². The van der Waals surface area contributed by atoms with Crippen molar-refractivity contribution in [3.8, 4) is 0 Å². The fourth-order valence-electron chi connectivity index (χ4n) is 4.85. The van der Waals surface area contributed by atoms with Gasteiger partial charge in [0.15, 0.2) is 5.79 Å². The first-order valence-corrected chi connectivity index (χ1v) is 14.1. The van der Waals surface area contributed by atoms with Crippen LogP contribution in [0.5, 0.6) is 0 Å². The van der Waals surface area contributed by atoms with E-state index in [-0.39, 0.29) is 12.1 Å². The van der Waals surface area contributed by atoms with Crippen molar-refractivity contribution in [2.75, 3.05) is 40.4 Å². The standard InChI is InChI=1S/C28H56NO4/c1-6-8-9-10-11-12-13-14-15-16-17-18-19-20-23-29(4,5)24-26-25-32-28(3,33-26)22-21-27(30)31-7-2/h26H,6-25H2,1-5H3/q+1. The number of quaternary nitrogens is 1. The second-order valence-corrected chi connectivity index (χ2v) is 10.9. The van der Waals surface area contributed by atoms with Crippen molar-refractivity contribution in [3.63, 3.8) is 0 Å². The van der Waals surface area contributed by atoms with Crippen LogP contribution in [0.1, 0.15) is 124 Å². The Morgan fingerprint density at radius 3 is 1.91 bits per heavy atom. The molecule has 1 aliphatic rings. The Morgan fingerprint density at radius 2 is 1.39 bits per heavy atom. The van der Waals surface area contributed by atoms with Crippen LogP contribution in [0.2, 0.25) is 0 Å². The quantitative estimate of drug-likeness (QED) is 0.103. The topological polar surface area (TPSA) is 44.8 Å². The highest BCUT2D eigenvalue weighted by molar-refractivity contribution is 5.69. The van der Waals surface area contributed by atoms with Crippen molar-refractivity contribution < 1.29 is 23.5 Å². The monoisotopic (exact) mass is 470 g/mol. The van der Waals surface area contributed by atoms with Crippen LogP contribution >= 0.6 is 0 Å². The summed E-state index contributed by atoms with van der Waals surface area (Å²) in [5, 5.41) is 0. The van der Waals surface area contributed by atoms with E-state index in [0.717, 1.165) is 11.0 Å². The molecule has 0 aromatic heterocycles. The van der Waals surface area contributed by atoms with Crippen LogP contribution in [-0.4, -0.2) is 62.7 Å². The van der Waals surface area contributed by atoms with Gasteiger partial charge in [-0.15, -0.1) is 0 Å². The molecule has 2 unspecified atom stereocenters. The van der Waals surface area contributed by atoms with Gasteiger partial charge in [0, 0.05) is 6.42 Å². The molecular formula is C28H56NO4+. The number of esters is 1. The number of unbranched alkanes of at least 4 members (excludes halogenated alkanes) is 13. The second-order valence-electron chi connectivity index (χ2n) is 10.9. The van der Waals surface area contributed by atoms with Crippen LogP contribution in [0.4, 0.5) is 0 Å². The molecule has 5 heteroatoms. The fourth-order valence-corrected chi connectivity index (χ4v) is 4.85. The summed E-state index contributed by atoms with van der Waals surface area (Å²) in [6.45, 7) is 9.22. The van der Waals surface area contributed by atoms with Crippen LogP contribution < -0.4 is 0 Å². The van der Waals surface area contributed by atoms with Gasteiger partial charge in [-0.2, -0.15) is 0 Å². The van der Waals surface area contributed by atoms with Crippen molar-refractivity contribution in [1.29, 1.82) is 0 Å². The lowest BCUT2D eigenvalue weighted by Crippen LogP contribution is -2.47. The Bertz CT molecular complexity index is 496. The van der Waals surface area contributed by atoms with Gasteiger partial charge in [-0.3, -0.25) is 4.79 Å². The summed E-state index contributed by atoms with van der Waals surface area (Å²) < 4.78 is 18.1. The second kappa shape index (κ2) is 17.7. The molecule has 2 atom stereocenters. The molecule has 5 nitrogen and oxygen atoms in total. The van der Waals surface area contributed by atoms with E-state index in [9.17, 15) is 4.79 Å². The minimum atomic E-state index is -0.660. The van der Waals surface area contributed by atoms with E-state index in [1.807, 2.05) is 13.8 Å². The maximum atomic E-state index is 11.6. The fraction of sp³-hybridized carbons (Fsp3) is 0.964. The molecule has 0 amide bonds. The lowest BCUT2D eigenvalue weighted by Gasteiger charge is -2.32. The summed E-state index contributed by atoms with van der Waals surface area (Å²) in [6.07, 6.45) is 20.6. The molecule has 1 aliphatic heterocycles. The Balaban J connectivity index is 2.01. The number of hydrogen-bond acceptors (Lipinski definition) is 4. The van der Waals surface area contributed by atoms with Crippen molar-refractivity contribution in [2.24, 2.45) is 0 Å². The van der Waals surface area contributed by atoms with Crippen LogP contribution in [0.15, 0.2) is 0 Å². The van der Waals surface area contributed by atoms with Gasteiger partial charge < -0.3 is 18.7 Å². The van der Waals surface area contributed by atoms with E-state index in [1.165, 1.54) is 96.4 Å². The lowest BCUT2D eigenvalue weighted by atomic mass is 10.0. The number of ether oxygens (including phenoxy) is 3. The number of carbonyl (C=O) groups is 1. The average molecular weight is 471 g/mol. The summed E-state index contributed by atoms with van der Waals surface area (Å²) in [5.74, 6) is -0.838. The van der Waals surface area contributed by atoms with Crippen LogP contribution in [0.3, 0.4) is 0 Å². The average Bonchev–Trinajstić information content (AvgIpc) is 3.13. The number of likely N-dealkylation sites (N-methyl/N-ethyl adjacent to an activating group) is 1. The van der Waals surface area contributed by atoms with Gasteiger partial charge in [0.1, 0.15) is 12.6 Å². The third-order valence-electron chi connectivity index (χ3n) is 6.89. The molecule has 0 spiro atoms. The zero-order valence-corrected chi connectivity index (χ0v) is 22.8. The summed E-state index contributed by atoms with van der Waals surface area (Å²) in [7, 11) is 4.58. The van der Waals surface area contributed by atoms with E-state index < -0.39 is 5.79 Å². The van der Waals surface area contributed by atoms with Crippen LogP contribution in [-0.2, 0) is 19.0 Å². The van der Waals surface area contributed by atoms with Gasteiger partial charge in [0.2, 0.25) is 0 Å². The van der Waals surface area contributed by atoms with E-state index in [4.69, 9.17) is 14.2 Å². The predicted molar refractivity (Wildman–Crippen MR) is 137 cm³/mol. The molecule has 196 valence electrons. The van der Waals surface area contributed by atoms with Gasteiger partial charge in [-0.1, -0.05) is 84.0 Å². The van der Waals surface area contributed by atoms with Gasteiger partial charge in [-0.05, 0) is 26.7 Å². The van der Waals surface area contributed by atoms with Crippen molar-refractivity contribution in [2.45, 2.75) is 135 Å². The SMILES string of the molecule is CCCCCCCCCCCCCCCC[N+](C)(C)CC1COC(C)(CCC(=O)OCC)O1. The summed E-state index contributed by atoms with van der Waals surface area (Å²) in [5.41, 5.74) is 0. The van der Waals surface area contributed by atoms with Crippen molar-refractivity contribution in [1.82, 2.24) is 0 Å². The molecule has 1 rings (SSSR count). The largest absolute Gasteiger partial charge is 0.466 e. The van der Waals surface area contributed by atoms with E-state index >= 15 is 0 Å². The Hall–Kier alpha value is -0.650. The predicted octanol–water partition coefficient (Wildman–Crippen LogP) is 7.02. The number of nitrogens with zero attached hydrogens (tertiary/aromatic N) is 1. The molecule has 0 aromatic carbocycles. The third kappa shape index (κ3) is 15.8. The van der Waals surface area contributed by atoms with Gasteiger partial charge in [0.05, 0.1) is 40.3 Å². The number of hydrogen-bond donors (Lipinski definition) is 0. The summed E-state index contributed by atoms with van der Waals surface area (Å²) in [4.78, 5) is 11.6. The van der Waals surface area contributed by atoms with Crippen molar-refractivity contribution in [3.05, 3.63) is 0 Å². The molecule has 0 aromatic rings. The van der Waals surface area contributed by atoms with E-state index in [2.05, 4.69) is 21.0 Å². The van der Waals surface area contributed by atoms with E-state index in [0.29, 0.717) is 26.1 Å². The Kier molecular flexibility index (Phi) is 16.3. The minimum absolute atomic E-state index is 0.0961. The van der Waals surface area contributed by atoms with E-state index in [1.54, 1.807) is 0 Å². The zero-order valence-electron chi connectivity index (χ0n) is 22.8. The molecule has 1 heterocycles. The molecule has 0 saturated carbocycles. The Labute approximate surface area is 205 Å². The highest BCUT2D eigenvalue weighted by atomic mass is 16.7. The highest BCUT2D eigenvalue weighted by Gasteiger charge is 2.40. The lowest BCUT2D eigenvalue weighted by molar-refractivity contribution is -0.893. The number of rotatable bonds is 21. The minimum Gasteiger partial charge on any atom is -0.466 e. The first kappa shape index (κ1) is 30.4. The molecule has 0 N–H and O–H groups in total. The van der Waals surface area contributed by atoms with Crippen molar-refractivity contribution >= 4 is 5.97 Å². The zero-order chi connectivity index (χ0) is 24.4. The first-order valence-electron chi connectivity index (χ1n) is 14.1. The molecule has 33 heavy (non-hydrogen) atoms. The summed E-state index contributed by atoms with van der Waals surface area (Å²) >= 11 is 0. The Morgan fingerprint density at radius 1 is 0.879 bits per heavy atom. The molecular weight excluding hydrogens is 414 g/mol. The maximum Gasteiger partial charge on any atom is 0.305 e. The summed E-state index contributed by atoms with van der Waals surface area (Å²) in [6, 6.07) is 0. The highest BCUT2D eigenvalue weighted by Crippen LogP contribution is 2.29. The van der Waals surface area contributed by atoms with Gasteiger partial charge >= 0.3 is 5.97 Å². The maximum absolute atomic E-state index is 11.6. The molecule has 0 radical (unpaired) electrons. The first-order chi connectivity index (χ1) is 15.8. The van der Waals surface area contributed by atoms with Gasteiger partial charge in [-0.25, -0.2) is 0 Å². The molecule has 1 saturated heterocycles. The van der Waals surface area contributed by atoms with Crippen LogP contribution in [0, 0.1) is 0 Å². The smallest absolute Gasteiger partial charge is 0.305 e. The number of carbonyl (C=O) groups excluding carboxylic acids is 1. The third-order valence-corrected chi connectivity index (χ3v) is 6.89. The normalized spacial score (nSPS) is 20.9. The van der Waals surface area contributed by atoms with Crippen LogP contribution in [0.25, 0.3) is 0 Å². The molecule has 0 bridgehead atoms. The molecule has 1 fully saturated rings.